The molecule has 11 heavy (non-hydrogen) atoms. The summed E-state index contributed by atoms with van der Waals surface area (Å²) >= 11 is 0. The van der Waals surface area contributed by atoms with E-state index < -0.39 is 0 Å². The Morgan fingerprint density at radius 3 is 3.18 bits per heavy atom. The predicted molar refractivity (Wildman–Crippen MR) is 30.9 cm³/mol. The third kappa shape index (κ3) is 2.56. The number of tetrazole rings is 1. The molecule has 0 N–H and O–H groups in total. The molecular formula is C3H6N6O2. The van der Waals surface area contributed by atoms with Crippen LogP contribution in [0.25, 0.3) is 0 Å². The number of hydrogen-bond donors (Lipinski definition) is 0. The Morgan fingerprint density at radius 2 is 2.64 bits per heavy atom. The van der Waals surface area contributed by atoms with Gasteiger partial charge in [-0.3, -0.25) is 0 Å². The third-order valence-corrected chi connectivity index (χ3v) is 0.737. The molecule has 1 aromatic rings. The lowest BCUT2D eigenvalue weighted by Crippen LogP contribution is -2.04. The number of hydroxylamine groups is 1. The van der Waals surface area contributed by atoms with Crippen molar-refractivity contribution in [3.05, 3.63) is 11.5 Å². The lowest BCUT2D eigenvalue weighted by Gasteiger charge is -1.93. The van der Waals surface area contributed by atoms with Crippen molar-refractivity contribution in [3.63, 3.8) is 0 Å². The van der Waals surface area contributed by atoms with Crippen molar-refractivity contribution in [2.75, 3.05) is 7.05 Å². The number of nitrogens with zero attached hydrogens (tertiary/aromatic N) is 6. The van der Waals surface area contributed by atoms with Crippen LogP contribution in [0.3, 0.4) is 0 Å². The summed E-state index contributed by atoms with van der Waals surface area (Å²) in [5, 5.41) is 23.7. The summed E-state index contributed by atoms with van der Waals surface area (Å²) in [5.74, 6) is 0. The Balaban J connectivity index is 2.30. The van der Waals surface area contributed by atoms with E-state index in [9.17, 15) is 5.21 Å². The van der Waals surface area contributed by atoms with E-state index in [4.69, 9.17) is 0 Å². The smallest absolute Gasteiger partial charge is 0.234 e. The van der Waals surface area contributed by atoms with E-state index in [0.717, 1.165) is 4.80 Å². The van der Waals surface area contributed by atoms with Gasteiger partial charge >= 0.3 is 0 Å². The highest BCUT2D eigenvalue weighted by Crippen LogP contribution is 1.80. The van der Waals surface area contributed by atoms with Crippen LogP contribution in [0.15, 0.2) is 11.6 Å². The number of hydrogen-bond acceptors (Lipinski definition) is 6. The second-order valence-electron chi connectivity index (χ2n) is 1.61. The zero-order valence-corrected chi connectivity index (χ0v) is 5.78. The highest BCUT2D eigenvalue weighted by molar-refractivity contribution is 4.32. The second-order valence-corrected chi connectivity index (χ2v) is 1.61. The van der Waals surface area contributed by atoms with Crippen LogP contribution in [-0.4, -0.2) is 32.1 Å². The first-order chi connectivity index (χ1) is 5.29. The van der Waals surface area contributed by atoms with Crippen molar-refractivity contribution in [3.8, 4) is 0 Å². The molecule has 0 amide bonds. The third-order valence-electron chi connectivity index (χ3n) is 0.737. The molecule has 0 saturated heterocycles. The van der Waals surface area contributed by atoms with Gasteiger partial charge in [-0.05, 0) is 5.21 Å². The van der Waals surface area contributed by atoms with Crippen LogP contribution >= 0.6 is 0 Å². The maximum absolute atomic E-state index is 10.1. The van der Waals surface area contributed by atoms with Gasteiger partial charge in [-0.15, -0.1) is 15.0 Å². The molecule has 0 bridgehead atoms. The molecule has 0 spiro atoms. The monoisotopic (exact) mass is 158 g/mol. The zero-order chi connectivity index (χ0) is 8.10. The summed E-state index contributed by atoms with van der Waals surface area (Å²) in [4.78, 5) is 5.91. The van der Waals surface area contributed by atoms with E-state index in [1.54, 1.807) is 0 Å². The largest absolute Gasteiger partial charge is 0.598 e. The fraction of sp³-hybridized carbons (Fsp3) is 0.667. The molecule has 0 radical (unpaired) electrons. The highest BCUT2D eigenvalue weighted by Gasteiger charge is 1.91. The van der Waals surface area contributed by atoms with Gasteiger partial charge in [0, 0.05) is 0 Å². The minimum atomic E-state index is -0.0213. The molecule has 1 rings (SSSR count). The maximum atomic E-state index is 10.1. The fourth-order valence-corrected chi connectivity index (χ4v) is 0.406. The molecule has 1 heterocycles. The lowest BCUT2D eigenvalue weighted by molar-refractivity contribution is -0.533. The van der Waals surface area contributed by atoms with Gasteiger partial charge in [0.05, 0.1) is 0 Å². The standard InChI is InChI=1S/C3H6N6O2/c1-8(10)7-11-3-9-5-2-4-6-9/h2H,3H2,1H3. The SMILES string of the molecule is C[N+]([O-])=NOCn1ncnn1. The van der Waals surface area contributed by atoms with Crippen LogP contribution < -0.4 is 0 Å². The van der Waals surface area contributed by atoms with Crippen molar-refractivity contribution in [1.82, 2.24) is 20.2 Å². The highest BCUT2D eigenvalue weighted by atomic mass is 16.7. The minimum Gasteiger partial charge on any atom is -0.598 e. The molecule has 0 aromatic carbocycles. The summed E-state index contributed by atoms with van der Waals surface area (Å²) in [5.41, 5.74) is 0. The molecule has 0 unspecified atom stereocenters. The molecule has 0 aliphatic heterocycles. The van der Waals surface area contributed by atoms with Crippen molar-refractivity contribution in [2.24, 2.45) is 5.28 Å². The Morgan fingerprint density at radius 1 is 1.82 bits per heavy atom. The molecule has 1 aromatic heterocycles. The fourth-order valence-electron chi connectivity index (χ4n) is 0.406. The van der Waals surface area contributed by atoms with Gasteiger partial charge in [-0.25, -0.2) is 0 Å². The van der Waals surface area contributed by atoms with Crippen LogP contribution in [0.4, 0.5) is 0 Å². The lowest BCUT2D eigenvalue weighted by atomic mass is 11.3. The molecule has 0 atom stereocenters. The zero-order valence-electron chi connectivity index (χ0n) is 5.78. The molecule has 8 nitrogen and oxygen atoms in total. The maximum Gasteiger partial charge on any atom is 0.234 e. The summed E-state index contributed by atoms with van der Waals surface area (Å²) in [7, 11) is 1.20. The summed E-state index contributed by atoms with van der Waals surface area (Å²) in [6.45, 7) is -0.0213. The Bertz CT molecular complexity index is 226. The van der Waals surface area contributed by atoms with Gasteiger partial charge in [0.1, 0.15) is 0 Å². The normalized spacial score (nSPS) is 11.5. The summed E-state index contributed by atoms with van der Waals surface area (Å²) in [6.07, 6.45) is 1.25. The van der Waals surface area contributed by atoms with Crippen LogP contribution in [0.2, 0.25) is 0 Å². The van der Waals surface area contributed by atoms with Crippen molar-refractivity contribution < 1.29 is 9.70 Å². The predicted octanol–water partition coefficient (Wildman–Crippen LogP) is -0.846. The molecule has 8 heteroatoms. The van der Waals surface area contributed by atoms with E-state index in [1.807, 2.05) is 0 Å². The summed E-state index contributed by atoms with van der Waals surface area (Å²) in [6, 6.07) is 0. The number of rotatable bonds is 3. The topological polar surface area (TPSA) is 91.3 Å². The average Bonchev–Trinajstić information content (AvgIpc) is 2.39. The molecule has 60 valence electrons. The van der Waals surface area contributed by atoms with Gasteiger partial charge in [-0.2, -0.15) is 0 Å². The first kappa shape index (κ1) is 7.38. The molecule has 0 saturated carbocycles. The summed E-state index contributed by atoms with van der Waals surface area (Å²) < 4.78 is 0. The van der Waals surface area contributed by atoms with E-state index in [-0.39, 0.29) is 11.6 Å². The van der Waals surface area contributed by atoms with Crippen molar-refractivity contribution >= 4 is 0 Å². The van der Waals surface area contributed by atoms with Crippen molar-refractivity contribution in [2.45, 2.75) is 6.73 Å². The minimum absolute atomic E-state index is 0.0213. The van der Waals surface area contributed by atoms with E-state index in [0.29, 0.717) is 0 Å². The molecule has 0 aliphatic carbocycles. The van der Waals surface area contributed by atoms with Gasteiger partial charge < -0.3 is 10.0 Å². The Labute approximate surface area is 61.6 Å². The van der Waals surface area contributed by atoms with Gasteiger partial charge in [0.2, 0.25) is 12.0 Å². The first-order valence-corrected chi connectivity index (χ1v) is 2.73. The molecular weight excluding hydrogens is 152 g/mol. The molecule has 0 fully saturated rings. The van der Waals surface area contributed by atoms with Crippen LogP contribution in [0.1, 0.15) is 0 Å². The van der Waals surface area contributed by atoms with Gasteiger partial charge in [0.15, 0.2) is 13.4 Å². The number of aromatic nitrogens is 4. The van der Waals surface area contributed by atoms with Crippen LogP contribution in [-0.2, 0) is 11.6 Å². The Hall–Kier alpha value is -1.73. The second kappa shape index (κ2) is 3.44. The van der Waals surface area contributed by atoms with E-state index in [2.05, 4.69) is 25.5 Å². The van der Waals surface area contributed by atoms with Crippen LogP contribution in [0.5, 0.6) is 0 Å². The first-order valence-electron chi connectivity index (χ1n) is 2.73. The Kier molecular flexibility index (Phi) is 2.31. The quantitative estimate of drug-likeness (QED) is 0.324. The average molecular weight is 158 g/mol. The van der Waals surface area contributed by atoms with Crippen LogP contribution in [0, 0.1) is 5.21 Å². The van der Waals surface area contributed by atoms with Gasteiger partial charge in [-0.1, -0.05) is 4.86 Å². The van der Waals surface area contributed by atoms with E-state index in [1.165, 1.54) is 13.4 Å². The van der Waals surface area contributed by atoms with Gasteiger partial charge in [0.25, 0.3) is 0 Å². The molecule has 0 aliphatic rings. The van der Waals surface area contributed by atoms with Crippen molar-refractivity contribution in [1.29, 1.82) is 0 Å². The van der Waals surface area contributed by atoms with E-state index >= 15 is 0 Å².